The third-order valence-corrected chi connectivity index (χ3v) is 7.79. The molecule has 188 valence electrons. The Morgan fingerprint density at radius 3 is 2.38 bits per heavy atom. The van der Waals surface area contributed by atoms with Gasteiger partial charge in [0, 0.05) is 11.3 Å². The van der Waals surface area contributed by atoms with E-state index in [1.807, 2.05) is 6.92 Å². The highest BCUT2D eigenvalue weighted by Gasteiger charge is 2.15. The van der Waals surface area contributed by atoms with Gasteiger partial charge in [0.05, 0.1) is 33.8 Å². The third kappa shape index (κ3) is 5.80. The summed E-state index contributed by atoms with van der Waals surface area (Å²) in [6.07, 6.45) is 5.53. The van der Waals surface area contributed by atoms with E-state index in [1.54, 1.807) is 41.8 Å². The van der Waals surface area contributed by atoms with Crippen LogP contribution in [0.15, 0.2) is 76.6 Å². The summed E-state index contributed by atoms with van der Waals surface area (Å²) < 4.78 is 35.2. The van der Waals surface area contributed by atoms with E-state index in [0.717, 1.165) is 15.8 Å². The van der Waals surface area contributed by atoms with Crippen molar-refractivity contribution in [3.8, 4) is 12.3 Å². The molecule has 4 rings (SSSR count). The highest BCUT2D eigenvalue weighted by molar-refractivity contribution is 7.92. The summed E-state index contributed by atoms with van der Waals surface area (Å²) in [6.45, 7) is 4.05. The van der Waals surface area contributed by atoms with Crippen LogP contribution in [-0.4, -0.2) is 31.5 Å². The molecule has 0 atom stereocenters. The molecular formula is C27H23N3O5S2. The Labute approximate surface area is 218 Å². The molecule has 0 aliphatic heterocycles. The molecule has 0 saturated carbocycles. The average Bonchev–Trinajstić information content (AvgIpc) is 3.21. The number of ether oxygens (including phenoxy) is 1. The van der Waals surface area contributed by atoms with Gasteiger partial charge in [-0.2, -0.15) is 4.99 Å². The van der Waals surface area contributed by atoms with E-state index in [-0.39, 0.29) is 23.6 Å². The van der Waals surface area contributed by atoms with Crippen molar-refractivity contribution in [3.63, 3.8) is 0 Å². The van der Waals surface area contributed by atoms with Crippen molar-refractivity contribution < 1.29 is 22.7 Å². The summed E-state index contributed by atoms with van der Waals surface area (Å²) in [5.74, 6) is 1.61. The molecule has 1 N–H and O–H groups in total. The summed E-state index contributed by atoms with van der Waals surface area (Å²) in [7, 11) is -3.76. The number of amides is 1. The van der Waals surface area contributed by atoms with E-state index >= 15 is 0 Å². The van der Waals surface area contributed by atoms with Crippen LogP contribution in [0.1, 0.15) is 33.2 Å². The van der Waals surface area contributed by atoms with E-state index in [0.29, 0.717) is 16.1 Å². The van der Waals surface area contributed by atoms with Gasteiger partial charge in [-0.1, -0.05) is 35.0 Å². The lowest BCUT2D eigenvalue weighted by molar-refractivity contribution is 0.0526. The number of hydrogen-bond donors (Lipinski definition) is 1. The van der Waals surface area contributed by atoms with Gasteiger partial charge in [0.1, 0.15) is 0 Å². The molecule has 0 bridgehead atoms. The quantitative estimate of drug-likeness (QED) is 0.281. The number of benzene rings is 3. The number of carbonyl (C=O) groups is 2. The zero-order chi connectivity index (χ0) is 26.6. The maximum absolute atomic E-state index is 12.9. The van der Waals surface area contributed by atoms with Gasteiger partial charge in [0.25, 0.3) is 15.9 Å². The molecular weight excluding hydrogens is 510 g/mol. The summed E-state index contributed by atoms with van der Waals surface area (Å²) in [4.78, 5) is 29.8. The lowest BCUT2D eigenvalue weighted by atomic mass is 10.2. The number of carbonyl (C=O) groups excluding carboxylic acids is 2. The molecule has 1 heterocycles. The minimum atomic E-state index is -3.76. The van der Waals surface area contributed by atoms with Crippen LogP contribution in [0.4, 0.5) is 5.69 Å². The first-order chi connectivity index (χ1) is 17.7. The molecule has 1 amide bonds. The standard InChI is InChI=1S/C27H23N3O5S2/c1-4-16-30-23-15-10-20(26(32)35-5-2)17-24(23)36-27(30)28-25(31)19-8-11-21(12-9-19)29-37(33,34)22-13-6-18(3)7-14-22/h1,6-15,17,29H,5,16H2,2-3H3. The number of esters is 1. The lowest BCUT2D eigenvalue weighted by Crippen LogP contribution is -2.16. The van der Waals surface area contributed by atoms with Crippen molar-refractivity contribution in [2.24, 2.45) is 4.99 Å². The van der Waals surface area contributed by atoms with Crippen LogP contribution in [-0.2, 0) is 21.3 Å². The van der Waals surface area contributed by atoms with Crippen molar-refractivity contribution >= 4 is 49.1 Å². The topological polar surface area (TPSA) is 107 Å². The smallest absolute Gasteiger partial charge is 0.338 e. The molecule has 0 aliphatic carbocycles. The molecule has 0 unspecified atom stereocenters. The van der Waals surface area contributed by atoms with Gasteiger partial charge in [0.2, 0.25) is 0 Å². The second-order valence-electron chi connectivity index (χ2n) is 7.99. The number of hydrogen-bond acceptors (Lipinski definition) is 6. The summed E-state index contributed by atoms with van der Waals surface area (Å²) in [6, 6.07) is 17.6. The van der Waals surface area contributed by atoms with E-state index in [2.05, 4.69) is 15.6 Å². The summed E-state index contributed by atoms with van der Waals surface area (Å²) in [5, 5.41) is 0. The normalized spacial score (nSPS) is 11.8. The van der Waals surface area contributed by atoms with Gasteiger partial charge < -0.3 is 9.30 Å². The predicted octanol–water partition coefficient (Wildman–Crippen LogP) is 4.36. The molecule has 4 aromatic rings. The zero-order valence-electron chi connectivity index (χ0n) is 20.1. The molecule has 37 heavy (non-hydrogen) atoms. The number of rotatable bonds is 7. The highest BCUT2D eigenvalue weighted by atomic mass is 32.2. The van der Waals surface area contributed by atoms with Crippen LogP contribution in [0.5, 0.6) is 0 Å². The number of fused-ring (bicyclic) bond motifs is 1. The summed E-state index contributed by atoms with van der Waals surface area (Å²) in [5.41, 5.74) is 2.67. The number of aryl methyl sites for hydroxylation is 1. The Kier molecular flexibility index (Phi) is 7.57. The Bertz CT molecular complexity index is 1690. The van der Waals surface area contributed by atoms with E-state index in [4.69, 9.17) is 11.2 Å². The number of sulfonamides is 1. The van der Waals surface area contributed by atoms with Crippen molar-refractivity contribution in [3.05, 3.63) is 88.2 Å². The second kappa shape index (κ2) is 10.8. The maximum atomic E-state index is 12.9. The van der Waals surface area contributed by atoms with Crippen LogP contribution in [0.2, 0.25) is 0 Å². The Hall–Kier alpha value is -4.20. The van der Waals surface area contributed by atoms with E-state index in [9.17, 15) is 18.0 Å². The number of anilines is 1. The number of thiazole rings is 1. The van der Waals surface area contributed by atoms with Gasteiger partial charge in [-0.15, -0.1) is 6.42 Å². The van der Waals surface area contributed by atoms with Crippen LogP contribution in [0, 0.1) is 19.3 Å². The second-order valence-corrected chi connectivity index (χ2v) is 10.7. The average molecular weight is 534 g/mol. The minimum Gasteiger partial charge on any atom is -0.462 e. The number of nitrogens with zero attached hydrogens (tertiary/aromatic N) is 2. The van der Waals surface area contributed by atoms with Gasteiger partial charge in [-0.25, -0.2) is 13.2 Å². The fourth-order valence-electron chi connectivity index (χ4n) is 3.51. The maximum Gasteiger partial charge on any atom is 0.338 e. The highest BCUT2D eigenvalue weighted by Crippen LogP contribution is 2.21. The van der Waals surface area contributed by atoms with E-state index < -0.39 is 21.9 Å². The molecule has 8 nitrogen and oxygen atoms in total. The molecule has 0 saturated heterocycles. The van der Waals surface area contributed by atoms with Gasteiger partial charge >= 0.3 is 5.97 Å². The first-order valence-corrected chi connectivity index (χ1v) is 13.5. The molecule has 1 aromatic heterocycles. The predicted molar refractivity (Wildman–Crippen MR) is 143 cm³/mol. The minimum absolute atomic E-state index is 0.141. The molecule has 0 spiro atoms. The Morgan fingerprint density at radius 1 is 1.05 bits per heavy atom. The Balaban J connectivity index is 1.61. The number of aromatic nitrogens is 1. The SMILES string of the molecule is C#CCn1c(=NC(=O)c2ccc(NS(=O)(=O)c3ccc(C)cc3)cc2)sc2cc(C(=O)OCC)ccc21. The van der Waals surface area contributed by atoms with E-state index in [1.165, 1.54) is 47.7 Å². The number of nitrogens with one attached hydrogen (secondary N) is 1. The first-order valence-electron chi connectivity index (χ1n) is 11.2. The van der Waals surface area contributed by atoms with Crippen LogP contribution in [0.3, 0.4) is 0 Å². The summed E-state index contributed by atoms with van der Waals surface area (Å²) >= 11 is 1.23. The van der Waals surface area contributed by atoms with Crippen LogP contribution in [0.25, 0.3) is 10.2 Å². The molecule has 3 aromatic carbocycles. The van der Waals surface area contributed by atoms with Gasteiger partial charge in [0.15, 0.2) is 4.80 Å². The third-order valence-electron chi connectivity index (χ3n) is 5.36. The molecule has 0 aliphatic rings. The lowest BCUT2D eigenvalue weighted by Gasteiger charge is -2.08. The fraction of sp³-hybridized carbons (Fsp3) is 0.148. The van der Waals surface area contributed by atoms with Crippen LogP contribution >= 0.6 is 11.3 Å². The number of terminal acetylenes is 1. The van der Waals surface area contributed by atoms with Gasteiger partial charge in [-0.05, 0) is 68.4 Å². The largest absolute Gasteiger partial charge is 0.462 e. The van der Waals surface area contributed by atoms with Gasteiger partial charge in [-0.3, -0.25) is 9.52 Å². The van der Waals surface area contributed by atoms with Crippen molar-refractivity contribution in [2.45, 2.75) is 25.3 Å². The first kappa shape index (κ1) is 25.9. The molecule has 10 heteroatoms. The monoisotopic (exact) mass is 533 g/mol. The molecule has 0 fully saturated rings. The zero-order valence-corrected chi connectivity index (χ0v) is 21.7. The fourth-order valence-corrected chi connectivity index (χ4v) is 5.63. The Morgan fingerprint density at radius 2 is 1.73 bits per heavy atom. The van der Waals surface area contributed by atoms with Crippen molar-refractivity contribution in [1.82, 2.24) is 4.57 Å². The van der Waals surface area contributed by atoms with Crippen molar-refractivity contribution in [2.75, 3.05) is 11.3 Å². The molecule has 0 radical (unpaired) electrons. The van der Waals surface area contributed by atoms with Crippen molar-refractivity contribution in [1.29, 1.82) is 0 Å². The van der Waals surface area contributed by atoms with Crippen LogP contribution < -0.4 is 9.52 Å².